The molecule has 0 spiro atoms. The summed E-state index contributed by atoms with van der Waals surface area (Å²) < 4.78 is 1.73. The van der Waals surface area contributed by atoms with Crippen LogP contribution in [0, 0.1) is 0 Å². The molecule has 0 atom stereocenters. The van der Waals surface area contributed by atoms with Crippen molar-refractivity contribution in [1.29, 1.82) is 0 Å². The van der Waals surface area contributed by atoms with Crippen LogP contribution in [0.4, 0.5) is 11.9 Å². The molecule has 1 fully saturated rings. The number of anilines is 2. The highest BCUT2D eigenvalue weighted by molar-refractivity contribution is 5.38. The minimum atomic E-state index is 0.237. The van der Waals surface area contributed by atoms with Crippen LogP contribution in [0.1, 0.15) is 32.1 Å². The first-order chi connectivity index (χ1) is 9.74. The molecular formula is C13H19N7. The van der Waals surface area contributed by atoms with Gasteiger partial charge in [-0.3, -0.25) is 4.57 Å². The average Bonchev–Trinajstić information content (AvgIpc) is 3.01. The fourth-order valence-electron chi connectivity index (χ4n) is 2.65. The molecule has 2 aromatic rings. The number of imidazole rings is 1. The summed E-state index contributed by atoms with van der Waals surface area (Å²) in [6.45, 7) is 0. The van der Waals surface area contributed by atoms with Crippen LogP contribution in [0.25, 0.3) is 5.95 Å². The van der Waals surface area contributed by atoms with E-state index in [1.165, 1.54) is 32.1 Å². The number of rotatable bonds is 3. The third-order valence-corrected chi connectivity index (χ3v) is 3.80. The highest BCUT2D eigenvalue weighted by Crippen LogP contribution is 2.24. The van der Waals surface area contributed by atoms with Gasteiger partial charge in [-0.25, -0.2) is 4.98 Å². The zero-order valence-electron chi connectivity index (χ0n) is 11.6. The van der Waals surface area contributed by atoms with Crippen molar-refractivity contribution in [3.05, 3.63) is 18.7 Å². The molecule has 7 heteroatoms. The molecule has 0 aliphatic heterocycles. The molecule has 1 saturated carbocycles. The maximum atomic E-state index is 5.81. The Bertz CT molecular complexity index is 560. The highest BCUT2D eigenvalue weighted by atomic mass is 15.3. The van der Waals surface area contributed by atoms with Gasteiger partial charge in [-0.05, 0) is 12.8 Å². The molecule has 0 bridgehead atoms. The Morgan fingerprint density at radius 3 is 2.70 bits per heavy atom. The van der Waals surface area contributed by atoms with E-state index in [4.69, 9.17) is 5.73 Å². The Labute approximate surface area is 117 Å². The van der Waals surface area contributed by atoms with Gasteiger partial charge in [0.05, 0.1) is 0 Å². The Morgan fingerprint density at radius 2 is 2.00 bits per heavy atom. The fraction of sp³-hybridized carbons (Fsp3) is 0.538. The van der Waals surface area contributed by atoms with E-state index in [1.807, 2.05) is 7.05 Å². The van der Waals surface area contributed by atoms with Crippen molar-refractivity contribution in [2.75, 3.05) is 17.7 Å². The Hall–Kier alpha value is -2.18. The summed E-state index contributed by atoms with van der Waals surface area (Å²) in [6, 6.07) is 0.487. The van der Waals surface area contributed by atoms with Gasteiger partial charge in [0.25, 0.3) is 0 Å². The van der Waals surface area contributed by atoms with Gasteiger partial charge in [0.15, 0.2) is 0 Å². The normalized spacial score (nSPS) is 16.2. The van der Waals surface area contributed by atoms with Crippen LogP contribution < -0.4 is 10.6 Å². The van der Waals surface area contributed by atoms with Gasteiger partial charge in [-0.2, -0.15) is 15.0 Å². The predicted octanol–water partition coefficient (Wildman–Crippen LogP) is 1.41. The molecule has 2 N–H and O–H groups in total. The molecule has 7 nitrogen and oxygen atoms in total. The van der Waals surface area contributed by atoms with Crippen LogP contribution in [0.3, 0.4) is 0 Å². The Balaban J connectivity index is 1.89. The van der Waals surface area contributed by atoms with Gasteiger partial charge in [0.2, 0.25) is 17.8 Å². The molecule has 1 aliphatic carbocycles. The molecule has 0 aromatic carbocycles. The first kappa shape index (κ1) is 12.8. The maximum absolute atomic E-state index is 5.81. The first-order valence-electron chi connectivity index (χ1n) is 6.97. The molecule has 20 heavy (non-hydrogen) atoms. The molecular weight excluding hydrogens is 254 g/mol. The summed E-state index contributed by atoms with van der Waals surface area (Å²) in [5.41, 5.74) is 5.81. The minimum Gasteiger partial charge on any atom is -0.368 e. The van der Waals surface area contributed by atoms with E-state index in [1.54, 1.807) is 23.3 Å². The third-order valence-electron chi connectivity index (χ3n) is 3.80. The van der Waals surface area contributed by atoms with Crippen LogP contribution in [0.2, 0.25) is 0 Å². The molecule has 2 aromatic heterocycles. The van der Waals surface area contributed by atoms with E-state index >= 15 is 0 Å². The second-order valence-electron chi connectivity index (χ2n) is 5.17. The van der Waals surface area contributed by atoms with Gasteiger partial charge in [-0.15, -0.1) is 0 Å². The molecule has 0 unspecified atom stereocenters. The minimum absolute atomic E-state index is 0.237. The van der Waals surface area contributed by atoms with Crippen molar-refractivity contribution in [2.24, 2.45) is 0 Å². The number of nitrogens with zero attached hydrogens (tertiary/aromatic N) is 6. The van der Waals surface area contributed by atoms with Crippen molar-refractivity contribution in [2.45, 2.75) is 38.1 Å². The van der Waals surface area contributed by atoms with Crippen molar-refractivity contribution in [1.82, 2.24) is 24.5 Å². The number of nitrogen functional groups attached to an aromatic ring is 1. The lowest BCUT2D eigenvalue weighted by atomic mass is 9.95. The number of hydrogen-bond donors (Lipinski definition) is 1. The monoisotopic (exact) mass is 273 g/mol. The fourth-order valence-corrected chi connectivity index (χ4v) is 2.65. The van der Waals surface area contributed by atoms with Crippen molar-refractivity contribution in [3.8, 4) is 5.95 Å². The smallest absolute Gasteiger partial charge is 0.241 e. The Morgan fingerprint density at radius 1 is 1.20 bits per heavy atom. The lowest BCUT2D eigenvalue weighted by molar-refractivity contribution is 0.424. The van der Waals surface area contributed by atoms with Gasteiger partial charge in [0.1, 0.15) is 6.33 Å². The van der Waals surface area contributed by atoms with Crippen LogP contribution in [0.5, 0.6) is 0 Å². The zero-order valence-corrected chi connectivity index (χ0v) is 11.6. The highest BCUT2D eigenvalue weighted by Gasteiger charge is 2.21. The van der Waals surface area contributed by atoms with Crippen molar-refractivity contribution in [3.63, 3.8) is 0 Å². The Kier molecular flexibility index (Phi) is 3.49. The van der Waals surface area contributed by atoms with E-state index in [0.29, 0.717) is 17.9 Å². The second kappa shape index (κ2) is 5.44. The van der Waals surface area contributed by atoms with Crippen molar-refractivity contribution < 1.29 is 0 Å². The number of hydrogen-bond acceptors (Lipinski definition) is 6. The van der Waals surface area contributed by atoms with Gasteiger partial charge >= 0.3 is 0 Å². The standard InChI is InChI=1S/C13H19N7/c1-19(10-5-3-2-4-6-10)12-16-11(14)17-13(18-12)20-8-7-15-9-20/h7-10H,2-6H2,1H3,(H2,14,16,17,18). The first-order valence-corrected chi connectivity index (χ1v) is 6.97. The van der Waals surface area contributed by atoms with E-state index < -0.39 is 0 Å². The molecule has 3 rings (SSSR count). The van der Waals surface area contributed by atoms with Gasteiger partial charge < -0.3 is 10.6 Å². The van der Waals surface area contributed by atoms with Crippen LogP contribution in [0.15, 0.2) is 18.7 Å². The van der Waals surface area contributed by atoms with E-state index in [-0.39, 0.29) is 5.95 Å². The summed E-state index contributed by atoms with van der Waals surface area (Å²) in [7, 11) is 2.03. The summed E-state index contributed by atoms with van der Waals surface area (Å²) in [4.78, 5) is 19.0. The van der Waals surface area contributed by atoms with E-state index in [2.05, 4.69) is 24.8 Å². The zero-order chi connectivity index (χ0) is 13.9. The second-order valence-corrected chi connectivity index (χ2v) is 5.17. The van der Waals surface area contributed by atoms with Crippen LogP contribution in [-0.2, 0) is 0 Å². The average molecular weight is 273 g/mol. The van der Waals surface area contributed by atoms with Gasteiger partial charge in [-0.1, -0.05) is 19.3 Å². The van der Waals surface area contributed by atoms with Crippen LogP contribution >= 0.6 is 0 Å². The molecule has 0 radical (unpaired) electrons. The summed E-state index contributed by atoms with van der Waals surface area (Å²) >= 11 is 0. The maximum Gasteiger partial charge on any atom is 0.241 e. The molecule has 2 heterocycles. The summed E-state index contributed by atoms with van der Waals surface area (Å²) in [5, 5.41) is 0. The molecule has 0 amide bonds. The molecule has 106 valence electrons. The van der Waals surface area contributed by atoms with Gasteiger partial charge in [0, 0.05) is 25.5 Å². The van der Waals surface area contributed by atoms with Crippen LogP contribution in [-0.4, -0.2) is 37.6 Å². The number of aromatic nitrogens is 5. The third kappa shape index (κ3) is 2.56. The summed E-state index contributed by atoms with van der Waals surface area (Å²) in [6.07, 6.45) is 11.4. The summed E-state index contributed by atoms with van der Waals surface area (Å²) in [5.74, 6) is 1.38. The quantitative estimate of drug-likeness (QED) is 0.910. The topological polar surface area (TPSA) is 85.8 Å². The van der Waals surface area contributed by atoms with E-state index in [0.717, 1.165) is 0 Å². The lowest BCUT2D eigenvalue weighted by Gasteiger charge is -2.31. The molecule has 1 aliphatic rings. The largest absolute Gasteiger partial charge is 0.368 e. The number of nitrogens with two attached hydrogens (primary N) is 1. The SMILES string of the molecule is CN(c1nc(N)nc(-n2ccnc2)n1)C1CCCCC1. The van der Waals surface area contributed by atoms with E-state index in [9.17, 15) is 0 Å². The predicted molar refractivity (Wildman–Crippen MR) is 76.6 cm³/mol. The molecule has 0 saturated heterocycles. The van der Waals surface area contributed by atoms with Crippen molar-refractivity contribution >= 4 is 11.9 Å². The lowest BCUT2D eigenvalue weighted by Crippen LogP contribution is -2.35.